The predicted molar refractivity (Wildman–Crippen MR) is 137 cm³/mol. The van der Waals surface area contributed by atoms with Crippen molar-refractivity contribution in [3.63, 3.8) is 0 Å². The first kappa shape index (κ1) is 36.2. The molecule has 0 aliphatic carbocycles. The van der Waals surface area contributed by atoms with Crippen LogP contribution in [-0.4, -0.2) is 129 Å². The zero-order valence-corrected chi connectivity index (χ0v) is 24.5. The van der Waals surface area contributed by atoms with E-state index < -0.39 is 113 Å². The second kappa shape index (κ2) is 13.2. The van der Waals surface area contributed by atoms with Gasteiger partial charge in [-0.05, 0) is 6.92 Å². The Morgan fingerprint density at radius 2 is 1.75 bits per heavy atom. The van der Waals surface area contributed by atoms with Crippen LogP contribution >= 0.6 is 15.6 Å². The van der Waals surface area contributed by atoms with Crippen molar-refractivity contribution in [2.75, 3.05) is 13.2 Å². The van der Waals surface area contributed by atoms with Gasteiger partial charge in [-0.3, -0.25) is 18.7 Å². The van der Waals surface area contributed by atoms with E-state index in [9.17, 15) is 58.7 Å². The fourth-order valence-corrected chi connectivity index (χ4v) is 6.45. The van der Waals surface area contributed by atoms with Crippen LogP contribution in [-0.2, 0) is 42.7 Å². The first-order chi connectivity index (χ1) is 20.2. The zero-order chi connectivity index (χ0) is 33.5. The molecule has 3 heterocycles. The Morgan fingerprint density at radius 3 is 2.27 bits per heavy atom. The van der Waals surface area contributed by atoms with E-state index in [1.54, 1.807) is 0 Å². The number of phosphoric ester groups is 1. The Balaban J connectivity index is 2.21. The fourth-order valence-electron chi connectivity index (χ4n) is 4.85. The number of hydrogen-bond acceptors (Lipinski definition) is 16. The third-order valence-electron chi connectivity index (χ3n) is 6.82. The largest absolute Gasteiger partial charge is 0.481 e. The number of aromatic nitrogens is 2. The molecule has 3 rings (SSSR count). The summed E-state index contributed by atoms with van der Waals surface area (Å²) in [5.41, 5.74) is 0.768. The van der Waals surface area contributed by atoms with E-state index in [2.05, 4.69) is 8.83 Å². The second-order valence-corrected chi connectivity index (χ2v) is 12.6. The highest BCUT2D eigenvalue weighted by Crippen LogP contribution is 2.58. The Bertz CT molecular complexity index is 1460. The quantitative estimate of drug-likeness (QED) is 0.0988. The molecule has 0 radical (unpaired) electrons. The molecule has 0 aromatic carbocycles. The van der Waals surface area contributed by atoms with E-state index in [0.717, 1.165) is 13.8 Å². The molecular weight excluding hydrogens is 648 g/mol. The first-order valence-electron chi connectivity index (χ1n) is 12.4. The van der Waals surface area contributed by atoms with Crippen LogP contribution in [0.15, 0.2) is 21.9 Å². The highest BCUT2D eigenvalue weighted by atomic mass is 31.3. The summed E-state index contributed by atoms with van der Waals surface area (Å²) in [5, 5.41) is 52.2. The van der Waals surface area contributed by atoms with Gasteiger partial charge in [0.15, 0.2) is 6.10 Å². The molecule has 0 spiro atoms. The Kier molecular flexibility index (Phi) is 10.9. The zero-order valence-electron chi connectivity index (χ0n) is 22.7. The van der Waals surface area contributed by atoms with Crippen molar-refractivity contribution in [1.29, 1.82) is 0 Å². The lowest BCUT2D eigenvalue weighted by Gasteiger charge is -2.50. The number of ether oxygens (including phenoxy) is 3. The number of rotatable bonds is 11. The van der Waals surface area contributed by atoms with Gasteiger partial charge in [0.2, 0.25) is 11.6 Å². The number of aliphatic hydroxyl groups is 4. The van der Waals surface area contributed by atoms with E-state index in [0.29, 0.717) is 16.8 Å². The standard InChI is InChI=1S/C20H31N3O19P2/c1-7(18(30)31)39-15-12(21)17(40-9(5-24)13(15)27)20(22-4-3-11(26)23(8(2)25)19(22)32)16(29)14(28)10(41-20)6-38-44(36,37)42-43(33,34)35/h3-4,7,9-10,12-17,24,27-29H,5-6,21H2,1-2H3,(H,30,31)(H,36,37)(H2,33,34,35)/t7-,9-,10-,12-,13-,14-,15-,16-,17?,20+/m1/s1. The number of aliphatic carboxylic acids is 1. The van der Waals surface area contributed by atoms with E-state index >= 15 is 0 Å². The minimum atomic E-state index is -5.59. The predicted octanol–water partition coefficient (Wildman–Crippen LogP) is -5.02. The molecule has 2 aliphatic heterocycles. The first-order valence-corrected chi connectivity index (χ1v) is 15.4. The van der Waals surface area contributed by atoms with Crippen LogP contribution in [0, 0.1) is 0 Å². The lowest BCUT2D eigenvalue weighted by molar-refractivity contribution is -0.291. The maximum Gasteiger partial charge on any atom is 0.481 e. The molecule has 1 aromatic heterocycles. The molecule has 0 amide bonds. The molecule has 2 unspecified atom stereocenters. The van der Waals surface area contributed by atoms with Gasteiger partial charge in [0.25, 0.3) is 5.56 Å². The SMILES string of the molecule is CC(=O)n1c(=O)ccn([C@]2(C3O[C@H](CO)[C@@H](O)[C@H](O[C@H](C)C(=O)O)[C@H]3N)O[C@H](COP(=O)(O)OP(=O)(O)O)[C@@H](O)[C@H]2O)c1=O. The van der Waals surface area contributed by atoms with Crippen molar-refractivity contribution in [3.05, 3.63) is 33.1 Å². The van der Waals surface area contributed by atoms with Gasteiger partial charge in [-0.15, -0.1) is 0 Å². The highest BCUT2D eigenvalue weighted by molar-refractivity contribution is 7.60. The third kappa shape index (κ3) is 7.09. The van der Waals surface area contributed by atoms with Gasteiger partial charge >= 0.3 is 27.3 Å². The van der Waals surface area contributed by atoms with Gasteiger partial charge in [0.1, 0.15) is 42.7 Å². The molecule has 44 heavy (non-hydrogen) atoms. The molecule has 2 aliphatic rings. The number of carbonyl (C=O) groups excluding carboxylic acids is 1. The molecule has 24 heteroatoms. The van der Waals surface area contributed by atoms with E-state index in [1.165, 1.54) is 0 Å². The molecule has 0 saturated carbocycles. The van der Waals surface area contributed by atoms with Crippen molar-refractivity contribution in [2.45, 2.75) is 74.4 Å². The van der Waals surface area contributed by atoms with Gasteiger partial charge in [0, 0.05) is 19.2 Å². The van der Waals surface area contributed by atoms with Crippen molar-refractivity contribution in [3.8, 4) is 0 Å². The normalized spacial score (nSPS) is 34.8. The number of carboxylic acid groups (broad SMARTS) is 1. The van der Waals surface area contributed by atoms with Crippen molar-refractivity contribution in [1.82, 2.24) is 9.13 Å². The third-order valence-corrected chi connectivity index (χ3v) is 8.97. The fraction of sp³-hybridized carbons (Fsp3) is 0.700. The van der Waals surface area contributed by atoms with Crippen molar-refractivity contribution < 1.29 is 82.0 Å². The summed E-state index contributed by atoms with van der Waals surface area (Å²) < 4.78 is 48.5. The van der Waals surface area contributed by atoms with Crippen molar-refractivity contribution in [2.24, 2.45) is 5.73 Å². The number of nitrogens with two attached hydrogens (primary N) is 1. The van der Waals surface area contributed by atoms with E-state index in [1.807, 2.05) is 0 Å². The van der Waals surface area contributed by atoms with Crippen LogP contribution in [0.5, 0.6) is 0 Å². The number of aliphatic hydroxyl groups excluding tert-OH is 4. The Labute approximate surface area is 245 Å². The average molecular weight is 679 g/mol. The van der Waals surface area contributed by atoms with E-state index in [4.69, 9.17) is 29.7 Å². The Morgan fingerprint density at radius 1 is 1.14 bits per heavy atom. The molecule has 11 atom stereocenters. The lowest BCUT2D eigenvalue weighted by atomic mass is 9.84. The molecule has 1 aromatic rings. The van der Waals surface area contributed by atoms with Crippen LogP contribution in [0.4, 0.5) is 0 Å². The summed E-state index contributed by atoms with van der Waals surface area (Å²) >= 11 is 0. The number of hydrogen-bond donors (Lipinski definition) is 9. The summed E-state index contributed by atoms with van der Waals surface area (Å²) in [6.07, 6.45) is -14.9. The molecule has 2 fully saturated rings. The minimum absolute atomic E-state index is 0.0804. The van der Waals surface area contributed by atoms with Gasteiger partial charge in [-0.25, -0.2) is 18.7 Å². The van der Waals surface area contributed by atoms with Gasteiger partial charge in [-0.2, -0.15) is 8.88 Å². The van der Waals surface area contributed by atoms with Gasteiger partial charge in [0.05, 0.1) is 19.3 Å². The maximum atomic E-state index is 13.5. The summed E-state index contributed by atoms with van der Waals surface area (Å²) in [4.78, 5) is 76.7. The van der Waals surface area contributed by atoms with Gasteiger partial charge < -0.3 is 60.2 Å². The monoisotopic (exact) mass is 679 g/mol. The van der Waals surface area contributed by atoms with Gasteiger partial charge in [-0.1, -0.05) is 0 Å². The molecule has 0 bridgehead atoms. The van der Waals surface area contributed by atoms with Crippen molar-refractivity contribution >= 4 is 27.5 Å². The highest BCUT2D eigenvalue weighted by Gasteiger charge is 2.65. The molecule has 10 N–H and O–H groups in total. The molecule has 250 valence electrons. The molecular formula is C20H31N3O19P2. The number of phosphoric acid groups is 2. The van der Waals surface area contributed by atoms with Crippen LogP contribution < -0.4 is 17.0 Å². The lowest BCUT2D eigenvalue weighted by Crippen LogP contribution is -2.72. The number of carbonyl (C=O) groups is 2. The van der Waals surface area contributed by atoms with E-state index in [-0.39, 0.29) is 4.57 Å². The summed E-state index contributed by atoms with van der Waals surface area (Å²) in [5.74, 6) is -2.63. The number of nitrogens with zero attached hydrogens (tertiary/aromatic N) is 2. The van der Waals surface area contributed by atoms with Crippen LogP contribution in [0.3, 0.4) is 0 Å². The average Bonchev–Trinajstić information content (AvgIpc) is 3.14. The minimum Gasteiger partial charge on any atom is -0.479 e. The van der Waals surface area contributed by atoms with Crippen LogP contribution in [0.25, 0.3) is 0 Å². The molecule has 22 nitrogen and oxygen atoms in total. The summed E-state index contributed by atoms with van der Waals surface area (Å²) in [6.45, 7) is -0.385. The number of carboxylic acids is 1. The van der Waals surface area contributed by atoms with Crippen LogP contribution in [0.1, 0.15) is 18.6 Å². The smallest absolute Gasteiger partial charge is 0.479 e. The Hall–Kier alpha value is -2.24. The maximum absolute atomic E-state index is 13.5. The van der Waals surface area contributed by atoms with Crippen LogP contribution in [0.2, 0.25) is 0 Å². The summed E-state index contributed by atoms with van der Waals surface area (Å²) in [7, 11) is -11.1. The summed E-state index contributed by atoms with van der Waals surface area (Å²) in [6, 6.07) is -1.14. The second-order valence-electron chi connectivity index (χ2n) is 9.77. The molecule has 2 saturated heterocycles. The topological polar surface area (TPSA) is 346 Å².